The second-order valence-electron chi connectivity index (χ2n) is 4.35. The predicted molar refractivity (Wildman–Crippen MR) is 67.0 cm³/mol. The Morgan fingerprint density at radius 2 is 2.19 bits per heavy atom. The maximum absolute atomic E-state index is 11.8. The van der Waals surface area contributed by atoms with Gasteiger partial charge in [0.25, 0.3) is 0 Å². The molecule has 0 bridgehead atoms. The van der Waals surface area contributed by atoms with E-state index in [1.165, 1.54) is 0 Å². The fourth-order valence-electron chi connectivity index (χ4n) is 2.34. The number of benzene rings is 1. The van der Waals surface area contributed by atoms with Crippen LogP contribution in [0.3, 0.4) is 0 Å². The molecule has 1 atom stereocenters. The van der Waals surface area contributed by atoms with Crippen molar-refractivity contribution in [2.75, 3.05) is 4.90 Å². The first-order valence-corrected chi connectivity index (χ1v) is 6.09. The van der Waals surface area contributed by atoms with E-state index in [9.17, 15) is 4.79 Å². The molecule has 0 saturated carbocycles. The Kier molecular flexibility index (Phi) is 3.20. The van der Waals surface area contributed by atoms with E-state index in [-0.39, 0.29) is 5.91 Å². The van der Waals surface area contributed by atoms with Crippen LogP contribution < -0.4 is 4.90 Å². The molecule has 3 heteroatoms. The average molecular weight is 238 g/mol. The van der Waals surface area contributed by atoms with Crippen LogP contribution >= 0.6 is 11.6 Å². The second-order valence-corrected chi connectivity index (χ2v) is 4.79. The van der Waals surface area contributed by atoms with Crippen LogP contribution in [0.15, 0.2) is 18.2 Å². The summed E-state index contributed by atoms with van der Waals surface area (Å²) in [6, 6.07) is 6.15. The third-order valence-corrected chi connectivity index (χ3v) is 3.32. The van der Waals surface area contributed by atoms with Crippen molar-refractivity contribution in [2.24, 2.45) is 0 Å². The summed E-state index contributed by atoms with van der Waals surface area (Å²) in [7, 11) is 0. The van der Waals surface area contributed by atoms with E-state index >= 15 is 0 Å². The normalized spacial score (nSPS) is 20.6. The first-order valence-electron chi connectivity index (χ1n) is 5.71. The van der Waals surface area contributed by atoms with Gasteiger partial charge in [-0.25, -0.2) is 0 Å². The SMILES string of the molecule is CC[C@H]1CCC(=O)N1c1cc(C)cc(Cl)c1. The van der Waals surface area contributed by atoms with E-state index < -0.39 is 0 Å². The minimum atomic E-state index is 0.216. The van der Waals surface area contributed by atoms with Crippen LogP contribution in [0.2, 0.25) is 5.02 Å². The van der Waals surface area contributed by atoms with Crippen LogP contribution in [-0.2, 0) is 4.79 Å². The minimum Gasteiger partial charge on any atom is -0.309 e. The molecule has 2 nitrogen and oxygen atoms in total. The summed E-state index contributed by atoms with van der Waals surface area (Å²) < 4.78 is 0. The maximum Gasteiger partial charge on any atom is 0.227 e. The van der Waals surface area contributed by atoms with Crippen LogP contribution in [-0.4, -0.2) is 11.9 Å². The van der Waals surface area contributed by atoms with Gasteiger partial charge in [0.1, 0.15) is 0 Å². The van der Waals surface area contributed by atoms with Crippen LogP contribution in [0.5, 0.6) is 0 Å². The van der Waals surface area contributed by atoms with Gasteiger partial charge in [0.15, 0.2) is 0 Å². The lowest BCUT2D eigenvalue weighted by molar-refractivity contribution is -0.117. The Morgan fingerprint density at radius 1 is 1.44 bits per heavy atom. The number of amides is 1. The molecule has 0 radical (unpaired) electrons. The monoisotopic (exact) mass is 237 g/mol. The smallest absolute Gasteiger partial charge is 0.227 e. The fraction of sp³-hybridized carbons (Fsp3) is 0.462. The molecule has 0 unspecified atom stereocenters. The predicted octanol–water partition coefficient (Wildman–Crippen LogP) is 3.55. The fourth-order valence-corrected chi connectivity index (χ4v) is 2.62. The van der Waals surface area contributed by atoms with Gasteiger partial charge in [0.2, 0.25) is 5.91 Å². The highest BCUT2D eigenvalue weighted by Crippen LogP contribution is 2.30. The Bertz CT molecular complexity index is 396. The molecule has 1 aliphatic rings. The zero-order valence-electron chi connectivity index (χ0n) is 9.66. The van der Waals surface area contributed by atoms with E-state index in [0.717, 1.165) is 24.1 Å². The molecule has 0 aromatic heterocycles. The molecular weight excluding hydrogens is 222 g/mol. The molecule has 86 valence electrons. The van der Waals surface area contributed by atoms with Gasteiger partial charge in [-0.15, -0.1) is 0 Å². The molecule has 16 heavy (non-hydrogen) atoms. The standard InChI is InChI=1S/C13H16ClNO/c1-3-11-4-5-13(16)15(11)12-7-9(2)6-10(14)8-12/h6-8,11H,3-5H2,1-2H3/t11-/m0/s1. The Balaban J connectivity index is 2.38. The highest BCUT2D eigenvalue weighted by molar-refractivity contribution is 6.31. The summed E-state index contributed by atoms with van der Waals surface area (Å²) in [6.45, 7) is 4.12. The molecule has 1 fully saturated rings. The molecule has 2 rings (SSSR count). The van der Waals surface area contributed by atoms with Gasteiger partial charge in [-0.3, -0.25) is 4.79 Å². The number of carbonyl (C=O) groups excluding carboxylic acids is 1. The number of hydrogen-bond acceptors (Lipinski definition) is 1. The molecule has 1 heterocycles. The number of hydrogen-bond donors (Lipinski definition) is 0. The average Bonchev–Trinajstić information content (AvgIpc) is 2.58. The first-order chi connectivity index (χ1) is 7.61. The van der Waals surface area contributed by atoms with E-state index in [1.54, 1.807) is 0 Å². The van der Waals surface area contributed by atoms with Gasteiger partial charge in [-0.05, 0) is 43.5 Å². The molecule has 0 aliphatic carbocycles. The molecule has 1 aliphatic heterocycles. The van der Waals surface area contributed by atoms with Crippen molar-refractivity contribution in [1.29, 1.82) is 0 Å². The summed E-state index contributed by atoms with van der Waals surface area (Å²) in [5.74, 6) is 0.216. The first kappa shape index (κ1) is 11.5. The van der Waals surface area contributed by atoms with Crippen molar-refractivity contribution in [1.82, 2.24) is 0 Å². The molecule has 0 spiro atoms. The Morgan fingerprint density at radius 3 is 2.81 bits per heavy atom. The minimum absolute atomic E-state index is 0.216. The van der Waals surface area contributed by atoms with Crippen molar-refractivity contribution >= 4 is 23.2 Å². The number of aryl methyl sites for hydroxylation is 1. The van der Waals surface area contributed by atoms with Gasteiger partial charge in [-0.1, -0.05) is 18.5 Å². The molecule has 1 aromatic rings. The largest absolute Gasteiger partial charge is 0.309 e. The van der Waals surface area contributed by atoms with E-state index in [1.807, 2.05) is 30.0 Å². The third kappa shape index (κ3) is 2.07. The highest BCUT2D eigenvalue weighted by atomic mass is 35.5. The number of anilines is 1. The molecule has 1 amide bonds. The van der Waals surface area contributed by atoms with Gasteiger partial charge in [0.05, 0.1) is 0 Å². The van der Waals surface area contributed by atoms with Gasteiger partial charge in [-0.2, -0.15) is 0 Å². The third-order valence-electron chi connectivity index (χ3n) is 3.10. The summed E-state index contributed by atoms with van der Waals surface area (Å²) in [5.41, 5.74) is 2.04. The van der Waals surface area contributed by atoms with Crippen molar-refractivity contribution in [3.63, 3.8) is 0 Å². The molecular formula is C13H16ClNO. The molecule has 1 saturated heterocycles. The summed E-state index contributed by atoms with van der Waals surface area (Å²) in [5, 5.41) is 0.699. The summed E-state index contributed by atoms with van der Waals surface area (Å²) >= 11 is 6.03. The Labute approximate surface area is 101 Å². The highest BCUT2D eigenvalue weighted by Gasteiger charge is 2.30. The molecule has 1 aromatic carbocycles. The van der Waals surface area contributed by atoms with Crippen LogP contribution in [0.1, 0.15) is 31.7 Å². The number of carbonyl (C=O) groups is 1. The Hall–Kier alpha value is -1.02. The second kappa shape index (κ2) is 4.46. The molecule has 0 N–H and O–H groups in total. The number of nitrogens with zero attached hydrogens (tertiary/aromatic N) is 1. The van der Waals surface area contributed by atoms with Gasteiger partial charge in [0, 0.05) is 23.2 Å². The van der Waals surface area contributed by atoms with Crippen molar-refractivity contribution in [2.45, 2.75) is 39.2 Å². The van der Waals surface area contributed by atoms with Crippen LogP contribution in [0, 0.1) is 6.92 Å². The van der Waals surface area contributed by atoms with Crippen LogP contribution in [0.4, 0.5) is 5.69 Å². The summed E-state index contributed by atoms with van der Waals surface area (Å²) in [4.78, 5) is 13.8. The van der Waals surface area contributed by atoms with E-state index in [2.05, 4.69) is 6.92 Å². The van der Waals surface area contributed by atoms with Gasteiger partial charge >= 0.3 is 0 Å². The number of rotatable bonds is 2. The lowest BCUT2D eigenvalue weighted by atomic mass is 10.1. The zero-order chi connectivity index (χ0) is 11.7. The quantitative estimate of drug-likeness (QED) is 0.770. The van der Waals surface area contributed by atoms with Crippen LogP contribution in [0.25, 0.3) is 0 Å². The maximum atomic E-state index is 11.8. The van der Waals surface area contributed by atoms with Gasteiger partial charge < -0.3 is 4.90 Å². The van der Waals surface area contributed by atoms with E-state index in [0.29, 0.717) is 17.5 Å². The number of halogens is 1. The lowest BCUT2D eigenvalue weighted by Crippen LogP contribution is -2.32. The topological polar surface area (TPSA) is 20.3 Å². The lowest BCUT2D eigenvalue weighted by Gasteiger charge is -2.24. The van der Waals surface area contributed by atoms with E-state index in [4.69, 9.17) is 11.6 Å². The zero-order valence-corrected chi connectivity index (χ0v) is 10.4. The van der Waals surface area contributed by atoms with Crippen molar-refractivity contribution < 1.29 is 4.79 Å². The van der Waals surface area contributed by atoms with Crippen molar-refractivity contribution in [3.05, 3.63) is 28.8 Å². The summed E-state index contributed by atoms with van der Waals surface area (Å²) in [6.07, 6.45) is 2.61. The van der Waals surface area contributed by atoms with Crippen molar-refractivity contribution in [3.8, 4) is 0 Å².